The van der Waals surface area contributed by atoms with Gasteiger partial charge < -0.3 is 5.11 Å². The van der Waals surface area contributed by atoms with Crippen molar-refractivity contribution in [2.24, 2.45) is 5.92 Å². The van der Waals surface area contributed by atoms with Crippen LogP contribution in [0.25, 0.3) is 0 Å². The predicted octanol–water partition coefficient (Wildman–Crippen LogP) is 2.16. The van der Waals surface area contributed by atoms with Gasteiger partial charge >= 0.3 is 0 Å². The summed E-state index contributed by atoms with van der Waals surface area (Å²) in [6, 6.07) is 2.06. The number of aromatic nitrogens is 2. The molecule has 3 nitrogen and oxygen atoms in total. The summed E-state index contributed by atoms with van der Waals surface area (Å²) in [6.45, 7) is 9.20. The Kier molecular flexibility index (Phi) is 4.33. The van der Waals surface area contributed by atoms with E-state index in [4.69, 9.17) is 0 Å². The molecule has 1 aromatic rings. The van der Waals surface area contributed by atoms with Gasteiger partial charge in [0, 0.05) is 18.7 Å². The van der Waals surface area contributed by atoms with Crippen LogP contribution < -0.4 is 0 Å². The van der Waals surface area contributed by atoms with Crippen molar-refractivity contribution in [3.8, 4) is 0 Å². The second-order valence-corrected chi connectivity index (χ2v) is 4.58. The number of aryl methyl sites for hydroxylation is 2. The van der Waals surface area contributed by atoms with Crippen molar-refractivity contribution in [3.05, 3.63) is 17.5 Å². The second kappa shape index (κ2) is 5.31. The molecule has 1 N–H and O–H groups in total. The lowest BCUT2D eigenvalue weighted by molar-refractivity contribution is 0.146. The molecule has 1 heterocycles. The van der Waals surface area contributed by atoms with Crippen molar-refractivity contribution in [2.75, 3.05) is 0 Å². The zero-order chi connectivity index (χ0) is 11.4. The van der Waals surface area contributed by atoms with Gasteiger partial charge in [0.15, 0.2) is 0 Å². The van der Waals surface area contributed by atoms with Crippen molar-refractivity contribution < 1.29 is 5.11 Å². The Bertz CT molecular complexity index is 305. The first-order valence-electron chi connectivity index (χ1n) is 5.74. The van der Waals surface area contributed by atoms with Crippen LogP contribution in [0, 0.1) is 12.8 Å². The number of hydrogen-bond donors (Lipinski definition) is 1. The Hall–Kier alpha value is -0.830. The summed E-state index contributed by atoms with van der Waals surface area (Å²) in [7, 11) is 0. The molecule has 0 saturated carbocycles. The van der Waals surface area contributed by atoms with E-state index in [9.17, 15) is 5.11 Å². The van der Waals surface area contributed by atoms with Gasteiger partial charge in [0.1, 0.15) is 0 Å². The molecule has 0 aliphatic heterocycles. The van der Waals surface area contributed by atoms with Crippen molar-refractivity contribution in [3.63, 3.8) is 0 Å². The van der Waals surface area contributed by atoms with Crippen LogP contribution in [0.4, 0.5) is 0 Å². The third kappa shape index (κ3) is 3.67. The summed E-state index contributed by atoms with van der Waals surface area (Å²) in [6.07, 6.45) is 1.33. The van der Waals surface area contributed by atoms with Gasteiger partial charge in [0.05, 0.1) is 11.8 Å². The molecule has 15 heavy (non-hydrogen) atoms. The lowest BCUT2D eigenvalue weighted by atomic mass is 10.0. The molecule has 1 aromatic heterocycles. The largest absolute Gasteiger partial charge is 0.393 e. The molecule has 1 atom stereocenters. The number of aliphatic hydroxyl groups excluding tert-OH is 1. The van der Waals surface area contributed by atoms with E-state index < -0.39 is 0 Å². The molecular formula is C12H22N2O. The van der Waals surface area contributed by atoms with Crippen molar-refractivity contribution in [1.29, 1.82) is 0 Å². The van der Waals surface area contributed by atoms with Crippen molar-refractivity contribution >= 4 is 0 Å². The van der Waals surface area contributed by atoms with Gasteiger partial charge in [0.2, 0.25) is 0 Å². The van der Waals surface area contributed by atoms with Gasteiger partial charge in [-0.05, 0) is 32.3 Å². The molecule has 0 spiro atoms. The van der Waals surface area contributed by atoms with E-state index in [0.717, 1.165) is 24.4 Å². The van der Waals surface area contributed by atoms with Crippen LogP contribution in [0.2, 0.25) is 0 Å². The fraction of sp³-hybridized carbons (Fsp3) is 0.750. The molecule has 0 bridgehead atoms. The van der Waals surface area contributed by atoms with E-state index in [1.54, 1.807) is 0 Å². The van der Waals surface area contributed by atoms with E-state index in [2.05, 4.69) is 31.9 Å². The summed E-state index contributed by atoms with van der Waals surface area (Å²) in [5, 5.41) is 14.2. The maximum atomic E-state index is 9.86. The second-order valence-electron chi connectivity index (χ2n) is 4.58. The van der Waals surface area contributed by atoms with Gasteiger partial charge in [-0.25, -0.2) is 0 Å². The quantitative estimate of drug-likeness (QED) is 0.808. The van der Waals surface area contributed by atoms with Crippen LogP contribution in [0.5, 0.6) is 0 Å². The monoisotopic (exact) mass is 210 g/mol. The van der Waals surface area contributed by atoms with E-state index in [1.165, 1.54) is 0 Å². The Morgan fingerprint density at radius 2 is 2.13 bits per heavy atom. The van der Waals surface area contributed by atoms with Crippen molar-refractivity contribution in [2.45, 2.75) is 53.2 Å². The highest BCUT2D eigenvalue weighted by Gasteiger charge is 2.11. The van der Waals surface area contributed by atoms with Crippen LogP contribution in [0.3, 0.4) is 0 Å². The molecule has 3 heteroatoms. The maximum Gasteiger partial charge on any atom is 0.0597 e. The minimum Gasteiger partial charge on any atom is -0.393 e. The third-order valence-corrected chi connectivity index (χ3v) is 2.47. The average molecular weight is 210 g/mol. The predicted molar refractivity (Wildman–Crippen MR) is 61.8 cm³/mol. The van der Waals surface area contributed by atoms with Crippen LogP contribution in [0.15, 0.2) is 6.07 Å². The average Bonchev–Trinajstić information content (AvgIpc) is 2.44. The standard InChI is InChI=1S/C12H22N2O/c1-5-14-11(7-10(4)13-14)8-12(15)6-9(2)3/h7,9,12,15H,5-6,8H2,1-4H3. The topological polar surface area (TPSA) is 38.0 Å². The highest BCUT2D eigenvalue weighted by Crippen LogP contribution is 2.12. The molecule has 0 fully saturated rings. The zero-order valence-corrected chi connectivity index (χ0v) is 10.2. The molecule has 0 radical (unpaired) electrons. The van der Waals surface area contributed by atoms with E-state index in [-0.39, 0.29) is 6.10 Å². The summed E-state index contributed by atoms with van der Waals surface area (Å²) >= 11 is 0. The Labute approximate surface area is 92.1 Å². The van der Waals surface area contributed by atoms with Gasteiger partial charge in [-0.2, -0.15) is 5.10 Å². The van der Waals surface area contributed by atoms with E-state index in [1.807, 2.05) is 11.6 Å². The Morgan fingerprint density at radius 1 is 1.47 bits per heavy atom. The van der Waals surface area contributed by atoms with E-state index >= 15 is 0 Å². The third-order valence-electron chi connectivity index (χ3n) is 2.47. The molecule has 0 aliphatic carbocycles. The number of rotatable bonds is 5. The lowest BCUT2D eigenvalue weighted by Gasteiger charge is -2.13. The Balaban J connectivity index is 2.62. The number of nitrogens with zero attached hydrogens (tertiary/aromatic N) is 2. The first-order chi connectivity index (χ1) is 7.02. The molecule has 0 saturated heterocycles. The number of aliphatic hydroxyl groups is 1. The summed E-state index contributed by atoms with van der Waals surface area (Å²) in [5.74, 6) is 0.541. The molecular weight excluding hydrogens is 188 g/mol. The first kappa shape index (κ1) is 12.2. The minimum absolute atomic E-state index is 0.244. The molecule has 1 rings (SSSR count). The molecule has 0 aromatic carbocycles. The number of hydrogen-bond acceptors (Lipinski definition) is 2. The molecule has 1 unspecified atom stereocenters. The SMILES string of the molecule is CCn1nc(C)cc1CC(O)CC(C)C. The fourth-order valence-electron chi connectivity index (χ4n) is 1.91. The molecule has 86 valence electrons. The minimum atomic E-state index is -0.244. The molecule has 0 aliphatic rings. The van der Waals surface area contributed by atoms with Crippen LogP contribution in [0.1, 0.15) is 38.6 Å². The van der Waals surface area contributed by atoms with Crippen LogP contribution >= 0.6 is 0 Å². The van der Waals surface area contributed by atoms with Crippen LogP contribution in [-0.2, 0) is 13.0 Å². The van der Waals surface area contributed by atoms with Crippen LogP contribution in [-0.4, -0.2) is 21.0 Å². The summed E-state index contributed by atoms with van der Waals surface area (Å²) < 4.78 is 1.97. The Morgan fingerprint density at radius 3 is 2.67 bits per heavy atom. The maximum absolute atomic E-state index is 9.86. The van der Waals surface area contributed by atoms with E-state index in [0.29, 0.717) is 12.3 Å². The smallest absolute Gasteiger partial charge is 0.0597 e. The highest BCUT2D eigenvalue weighted by atomic mass is 16.3. The van der Waals surface area contributed by atoms with Gasteiger partial charge in [-0.15, -0.1) is 0 Å². The highest BCUT2D eigenvalue weighted by molar-refractivity contribution is 5.09. The lowest BCUT2D eigenvalue weighted by Crippen LogP contribution is -2.16. The summed E-state index contributed by atoms with van der Waals surface area (Å²) in [5.41, 5.74) is 2.17. The summed E-state index contributed by atoms with van der Waals surface area (Å²) in [4.78, 5) is 0. The van der Waals surface area contributed by atoms with Gasteiger partial charge in [-0.3, -0.25) is 4.68 Å². The van der Waals surface area contributed by atoms with Gasteiger partial charge in [-0.1, -0.05) is 13.8 Å². The fourth-order valence-corrected chi connectivity index (χ4v) is 1.91. The van der Waals surface area contributed by atoms with Crippen molar-refractivity contribution in [1.82, 2.24) is 9.78 Å². The van der Waals surface area contributed by atoms with Gasteiger partial charge in [0.25, 0.3) is 0 Å². The normalized spacial score (nSPS) is 13.5. The zero-order valence-electron chi connectivity index (χ0n) is 10.2. The first-order valence-corrected chi connectivity index (χ1v) is 5.74. The molecule has 0 amide bonds.